The summed E-state index contributed by atoms with van der Waals surface area (Å²) in [5, 5.41) is 0. The molecule has 0 aromatic rings. The van der Waals surface area contributed by atoms with Gasteiger partial charge in [0.25, 0.3) is 0 Å². The largest absolute Gasteiger partial charge is 0.161 e. The van der Waals surface area contributed by atoms with Crippen molar-refractivity contribution in [2.24, 2.45) is 0 Å². The van der Waals surface area contributed by atoms with E-state index < -0.39 is 0 Å². The van der Waals surface area contributed by atoms with Crippen molar-refractivity contribution in [3.63, 3.8) is 0 Å². The lowest BCUT2D eigenvalue weighted by Crippen LogP contribution is -1.85. The Bertz CT molecular complexity index is 171. The standard InChI is InChI=1S/C10H16S/c1-5-6-7-10(8-11-4)9(2)3/h5-7H,1,8H2,2-4H3/b7-6-. The summed E-state index contributed by atoms with van der Waals surface area (Å²) in [4.78, 5) is 0. The zero-order valence-electron chi connectivity index (χ0n) is 7.55. The molecule has 0 amide bonds. The molecular formula is C10H16S. The van der Waals surface area contributed by atoms with E-state index in [2.05, 4.69) is 32.8 Å². The number of hydrogen-bond donors (Lipinski definition) is 0. The molecule has 11 heavy (non-hydrogen) atoms. The van der Waals surface area contributed by atoms with Crippen molar-refractivity contribution < 1.29 is 0 Å². The highest BCUT2D eigenvalue weighted by atomic mass is 32.2. The molecule has 0 N–H and O–H groups in total. The molecule has 0 atom stereocenters. The van der Waals surface area contributed by atoms with Crippen LogP contribution in [0.15, 0.2) is 36.0 Å². The molecule has 0 rings (SSSR count). The van der Waals surface area contributed by atoms with Crippen molar-refractivity contribution in [2.75, 3.05) is 12.0 Å². The third-order valence-electron chi connectivity index (χ3n) is 1.38. The summed E-state index contributed by atoms with van der Waals surface area (Å²) in [5.74, 6) is 1.09. The second-order valence-corrected chi connectivity index (χ2v) is 3.42. The van der Waals surface area contributed by atoms with Gasteiger partial charge in [0.05, 0.1) is 0 Å². The molecule has 0 heterocycles. The Labute approximate surface area is 74.1 Å². The van der Waals surface area contributed by atoms with E-state index in [-0.39, 0.29) is 0 Å². The Hall–Kier alpha value is -0.430. The molecule has 0 aromatic heterocycles. The van der Waals surface area contributed by atoms with Crippen LogP contribution >= 0.6 is 11.8 Å². The van der Waals surface area contributed by atoms with Crippen LogP contribution in [-0.2, 0) is 0 Å². The summed E-state index contributed by atoms with van der Waals surface area (Å²) in [6.07, 6.45) is 8.03. The fourth-order valence-electron chi connectivity index (χ4n) is 0.699. The maximum Gasteiger partial charge on any atom is 0.0181 e. The quantitative estimate of drug-likeness (QED) is 0.579. The zero-order chi connectivity index (χ0) is 8.69. The maximum atomic E-state index is 3.64. The first-order valence-electron chi connectivity index (χ1n) is 3.66. The van der Waals surface area contributed by atoms with E-state index in [0.717, 1.165) is 5.75 Å². The zero-order valence-corrected chi connectivity index (χ0v) is 8.37. The van der Waals surface area contributed by atoms with Crippen LogP contribution in [0.4, 0.5) is 0 Å². The molecule has 0 aromatic carbocycles. The number of rotatable bonds is 4. The molecule has 1 heteroatoms. The molecule has 0 aliphatic heterocycles. The molecule has 0 fully saturated rings. The SMILES string of the molecule is C=C/C=C\C(CSC)=C(C)C. The molecule has 0 aliphatic rings. The lowest BCUT2D eigenvalue weighted by Gasteiger charge is -2.00. The maximum absolute atomic E-state index is 3.64. The molecule has 0 saturated carbocycles. The van der Waals surface area contributed by atoms with Crippen molar-refractivity contribution in [3.05, 3.63) is 36.0 Å². The van der Waals surface area contributed by atoms with Crippen molar-refractivity contribution in [1.29, 1.82) is 0 Å². The molecule has 0 aliphatic carbocycles. The van der Waals surface area contributed by atoms with Gasteiger partial charge in [-0.1, -0.05) is 30.4 Å². The molecule has 0 saturated heterocycles. The minimum Gasteiger partial charge on any atom is -0.161 e. The third kappa shape index (κ3) is 4.91. The highest BCUT2D eigenvalue weighted by Gasteiger charge is 1.91. The van der Waals surface area contributed by atoms with Gasteiger partial charge in [-0.2, -0.15) is 11.8 Å². The smallest absolute Gasteiger partial charge is 0.0181 e. The Morgan fingerprint density at radius 2 is 2.09 bits per heavy atom. The molecule has 62 valence electrons. The normalized spacial score (nSPS) is 10.1. The van der Waals surface area contributed by atoms with Gasteiger partial charge in [-0.3, -0.25) is 0 Å². The van der Waals surface area contributed by atoms with Gasteiger partial charge >= 0.3 is 0 Å². The Morgan fingerprint density at radius 3 is 2.45 bits per heavy atom. The Balaban J connectivity index is 4.23. The third-order valence-corrected chi connectivity index (χ3v) is 1.98. The first-order chi connectivity index (χ1) is 5.22. The minimum atomic E-state index is 1.09. The number of hydrogen-bond acceptors (Lipinski definition) is 1. The van der Waals surface area contributed by atoms with Crippen molar-refractivity contribution >= 4 is 11.8 Å². The van der Waals surface area contributed by atoms with E-state index in [1.807, 2.05) is 23.9 Å². The van der Waals surface area contributed by atoms with Crippen molar-refractivity contribution in [3.8, 4) is 0 Å². The van der Waals surface area contributed by atoms with Gasteiger partial charge < -0.3 is 0 Å². The van der Waals surface area contributed by atoms with Gasteiger partial charge in [-0.15, -0.1) is 0 Å². The van der Waals surface area contributed by atoms with Gasteiger partial charge in [-0.05, 0) is 25.7 Å². The molecule has 0 spiro atoms. The highest BCUT2D eigenvalue weighted by Crippen LogP contribution is 2.10. The second kappa shape index (κ2) is 6.29. The highest BCUT2D eigenvalue weighted by molar-refractivity contribution is 7.98. The van der Waals surface area contributed by atoms with E-state index in [9.17, 15) is 0 Å². The first-order valence-corrected chi connectivity index (χ1v) is 5.06. The van der Waals surface area contributed by atoms with Crippen LogP contribution in [0, 0.1) is 0 Å². The summed E-state index contributed by atoms with van der Waals surface area (Å²) < 4.78 is 0. The molecule has 0 unspecified atom stereocenters. The summed E-state index contributed by atoms with van der Waals surface area (Å²) in [7, 11) is 0. The number of thioether (sulfide) groups is 1. The average Bonchev–Trinajstić information content (AvgIpc) is 1.97. The summed E-state index contributed by atoms with van der Waals surface area (Å²) >= 11 is 1.85. The van der Waals surface area contributed by atoms with E-state index in [1.54, 1.807) is 0 Å². The Morgan fingerprint density at radius 1 is 1.45 bits per heavy atom. The van der Waals surface area contributed by atoms with Crippen molar-refractivity contribution in [1.82, 2.24) is 0 Å². The van der Waals surface area contributed by atoms with Gasteiger partial charge in [0.1, 0.15) is 0 Å². The van der Waals surface area contributed by atoms with Gasteiger partial charge in [0.15, 0.2) is 0 Å². The predicted octanol–water partition coefficient (Wildman–Crippen LogP) is 3.43. The van der Waals surface area contributed by atoms with E-state index in [4.69, 9.17) is 0 Å². The number of allylic oxidation sites excluding steroid dienone is 4. The van der Waals surface area contributed by atoms with E-state index in [1.165, 1.54) is 11.1 Å². The van der Waals surface area contributed by atoms with Crippen LogP contribution in [0.2, 0.25) is 0 Å². The molecule has 0 radical (unpaired) electrons. The van der Waals surface area contributed by atoms with Gasteiger partial charge in [-0.25, -0.2) is 0 Å². The molecular weight excluding hydrogens is 152 g/mol. The fourth-order valence-corrected chi connectivity index (χ4v) is 1.39. The van der Waals surface area contributed by atoms with Gasteiger partial charge in [0.2, 0.25) is 0 Å². The fraction of sp³-hybridized carbons (Fsp3) is 0.400. The predicted molar refractivity (Wildman–Crippen MR) is 56.1 cm³/mol. The monoisotopic (exact) mass is 168 g/mol. The lowest BCUT2D eigenvalue weighted by molar-refractivity contribution is 1.30. The Kier molecular flexibility index (Phi) is 6.05. The first kappa shape index (κ1) is 10.6. The molecule has 0 bridgehead atoms. The summed E-state index contributed by atoms with van der Waals surface area (Å²) in [5.41, 5.74) is 2.79. The summed E-state index contributed by atoms with van der Waals surface area (Å²) in [6.45, 7) is 7.91. The average molecular weight is 168 g/mol. The van der Waals surface area contributed by atoms with Crippen LogP contribution < -0.4 is 0 Å². The lowest BCUT2D eigenvalue weighted by atomic mass is 10.1. The topological polar surface area (TPSA) is 0 Å². The van der Waals surface area contributed by atoms with E-state index >= 15 is 0 Å². The van der Waals surface area contributed by atoms with Crippen molar-refractivity contribution in [2.45, 2.75) is 13.8 Å². The molecule has 0 nitrogen and oxygen atoms in total. The summed E-state index contributed by atoms with van der Waals surface area (Å²) in [6, 6.07) is 0. The van der Waals surface area contributed by atoms with Crippen LogP contribution in [0.3, 0.4) is 0 Å². The van der Waals surface area contributed by atoms with Gasteiger partial charge in [0, 0.05) is 5.75 Å². The van der Waals surface area contributed by atoms with Crippen LogP contribution in [0.5, 0.6) is 0 Å². The minimum absolute atomic E-state index is 1.09. The van der Waals surface area contributed by atoms with Crippen LogP contribution in [0.1, 0.15) is 13.8 Å². The van der Waals surface area contributed by atoms with E-state index in [0.29, 0.717) is 0 Å². The van der Waals surface area contributed by atoms with Crippen LogP contribution in [-0.4, -0.2) is 12.0 Å². The second-order valence-electron chi connectivity index (χ2n) is 2.55. The van der Waals surface area contributed by atoms with Crippen LogP contribution in [0.25, 0.3) is 0 Å².